The molecule has 0 aliphatic rings. The molecule has 0 N–H and O–H groups in total. The molecule has 1 radical (unpaired) electrons. The molecule has 0 saturated carbocycles. The van der Waals surface area contributed by atoms with E-state index in [4.69, 9.17) is 4.74 Å². The summed E-state index contributed by atoms with van der Waals surface area (Å²) in [7, 11) is 0. The number of hydrogen-bond donors (Lipinski definition) is 0. The van der Waals surface area contributed by atoms with Crippen molar-refractivity contribution >= 4 is 10.8 Å². The standard InChI is InChI=1S/C14H11O/c1-2-3-11-15-14-10-6-8-12-7-4-5-9-13(12)14/h4-6,8-10H,11H2,1H3. The van der Waals surface area contributed by atoms with Crippen LogP contribution >= 0.6 is 0 Å². The highest BCUT2D eigenvalue weighted by molar-refractivity contribution is 5.87. The Hall–Kier alpha value is -1.94. The van der Waals surface area contributed by atoms with Gasteiger partial charge in [-0.05, 0) is 24.4 Å². The highest BCUT2D eigenvalue weighted by Gasteiger charge is 1.99. The summed E-state index contributed by atoms with van der Waals surface area (Å²) in [4.78, 5) is 0. The first-order valence-electron chi connectivity index (χ1n) is 4.83. The van der Waals surface area contributed by atoms with Crippen molar-refractivity contribution in [1.82, 2.24) is 0 Å². The fraction of sp³-hybridized carbons (Fsp3) is 0.143. The molecule has 0 atom stereocenters. The molecule has 0 heterocycles. The number of ether oxygens (including phenoxy) is 1. The highest BCUT2D eigenvalue weighted by atomic mass is 16.5. The van der Waals surface area contributed by atoms with Crippen LogP contribution in [0.3, 0.4) is 0 Å². The van der Waals surface area contributed by atoms with Crippen molar-refractivity contribution in [3.8, 4) is 17.6 Å². The van der Waals surface area contributed by atoms with E-state index in [0.717, 1.165) is 16.5 Å². The van der Waals surface area contributed by atoms with E-state index in [1.165, 1.54) is 0 Å². The van der Waals surface area contributed by atoms with Crippen LogP contribution in [0.4, 0.5) is 0 Å². The molecule has 0 aliphatic carbocycles. The van der Waals surface area contributed by atoms with E-state index in [2.05, 4.69) is 17.9 Å². The van der Waals surface area contributed by atoms with Crippen molar-refractivity contribution in [2.75, 3.05) is 6.61 Å². The lowest BCUT2D eigenvalue weighted by Crippen LogP contribution is -1.94. The first-order valence-corrected chi connectivity index (χ1v) is 4.83. The van der Waals surface area contributed by atoms with Crippen LogP contribution in [0.2, 0.25) is 0 Å². The van der Waals surface area contributed by atoms with Crippen molar-refractivity contribution < 1.29 is 4.74 Å². The summed E-state index contributed by atoms with van der Waals surface area (Å²) in [5.41, 5.74) is 0. The maximum Gasteiger partial charge on any atom is 0.149 e. The third-order valence-electron chi connectivity index (χ3n) is 2.14. The first kappa shape index (κ1) is 9.61. The molecule has 2 aromatic rings. The molecule has 15 heavy (non-hydrogen) atoms. The molecule has 0 aliphatic heterocycles. The van der Waals surface area contributed by atoms with Crippen molar-refractivity contribution in [1.29, 1.82) is 0 Å². The Morgan fingerprint density at radius 2 is 2.20 bits per heavy atom. The fourth-order valence-corrected chi connectivity index (χ4v) is 1.44. The molecule has 2 rings (SSSR count). The highest BCUT2D eigenvalue weighted by Crippen LogP contribution is 2.24. The minimum Gasteiger partial charge on any atom is -0.480 e. The summed E-state index contributed by atoms with van der Waals surface area (Å²) in [6, 6.07) is 15.0. The van der Waals surface area contributed by atoms with Crippen molar-refractivity contribution in [2.24, 2.45) is 0 Å². The van der Waals surface area contributed by atoms with Gasteiger partial charge in [0.1, 0.15) is 12.4 Å². The summed E-state index contributed by atoms with van der Waals surface area (Å²) < 4.78 is 5.57. The fourth-order valence-electron chi connectivity index (χ4n) is 1.44. The normalized spacial score (nSPS) is 9.40. The van der Waals surface area contributed by atoms with Crippen LogP contribution in [0, 0.1) is 17.9 Å². The molecular formula is C14H11O. The second-order valence-electron chi connectivity index (χ2n) is 3.10. The molecule has 0 bridgehead atoms. The Kier molecular flexibility index (Phi) is 2.90. The third-order valence-corrected chi connectivity index (χ3v) is 2.14. The summed E-state index contributed by atoms with van der Waals surface area (Å²) in [5.74, 6) is 6.55. The van der Waals surface area contributed by atoms with E-state index < -0.39 is 0 Å². The Morgan fingerprint density at radius 3 is 3.07 bits per heavy atom. The molecule has 0 saturated heterocycles. The molecule has 0 amide bonds. The molecule has 2 aromatic carbocycles. The number of fused-ring (bicyclic) bond motifs is 1. The Labute approximate surface area is 89.7 Å². The summed E-state index contributed by atoms with van der Waals surface area (Å²) in [6.07, 6.45) is 0. The molecule has 0 unspecified atom stereocenters. The molecule has 0 spiro atoms. The van der Waals surface area contributed by atoms with Crippen LogP contribution in [-0.2, 0) is 0 Å². The molecule has 0 aromatic heterocycles. The average molecular weight is 195 g/mol. The lowest BCUT2D eigenvalue weighted by Gasteiger charge is -2.05. The van der Waals surface area contributed by atoms with E-state index in [1.54, 1.807) is 6.92 Å². The van der Waals surface area contributed by atoms with Crippen LogP contribution in [0.1, 0.15) is 6.92 Å². The van der Waals surface area contributed by atoms with Crippen LogP contribution in [0.15, 0.2) is 36.4 Å². The maximum absolute atomic E-state index is 5.57. The van der Waals surface area contributed by atoms with Gasteiger partial charge in [-0.1, -0.05) is 36.3 Å². The van der Waals surface area contributed by atoms with Crippen LogP contribution in [0.5, 0.6) is 5.75 Å². The van der Waals surface area contributed by atoms with Gasteiger partial charge >= 0.3 is 0 Å². The van der Waals surface area contributed by atoms with E-state index >= 15 is 0 Å². The zero-order chi connectivity index (χ0) is 10.5. The molecule has 1 heteroatoms. The topological polar surface area (TPSA) is 9.23 Å². The van der Waals surface area contributed by atoms with E-state index in [1.807, 2.05) is 36.4 Å². The van der Waals surface area contributed by atoms with Gasteiger partial charge in [-0.2, -0.15) is 0 Å². The predicted octanol–water partition coefficient (Wildman–Crippen LogP) is 3.04. The summed E-state index contributed by atoms with van der Waals surface area (Å²) in [6.45, 7) is 2.24. The number of rotatable bonds is 2. The van der Waals surface area contributed by atoms with Gasteiger partial charge in [-0.15, -0.1) is 5.92 Å². The van der Waals surface area contributed by atoms with Gasteiger partial charge in [0.25, 0.3) is 0 Å². The van der Waals surface area contributed by atoms with Crippen molar-refractivity contribution in [2.45, 2.75) is 6.92 Å². The second-order valence-corrected chi connectivity index (χ2v) is 3.10. The van der Waals surface area contributed by atoms with Crippen LogP contribution in [-0.4, -0.2) is 6.61 Å². The van der Waals surface area contributed by atoms with Gasteiger partial charge in [-0.3, -0.25) is 0 Å². The molecule has 73 valence electrons. The van der Waals surface area contributed by atoms with Crippen LogP contribution in [0.25, 0.3) is 10.8 Å². The Morgan fingerprint density at radius 1 is 1.27 bits per heavy atom. The Bertz CT molecular complexity index is 512. The van der Waals surface area contributed by atoms with Crippen LogP contribution < -0.4 is 4.74 Å². The van der Waals surface area contributed by atoms with Crippen molar-refractivity contribution in [3.63, 3.8) is 0 Å². The van der Waals surface area contributed by atoms with Gasteiger partial charge in [0.2, 0.25) is 0 Å². The molecule has 0 fully saturated rings. The molecular weight excluding hydrogens is 184 g/mol. The zero-order valence-corrected chi connectivity index (χ0v) is 8.58. The lowest BCUT2D eigenvalue weighted by atomic mass is 10.1. The van der Waals surface area contributed by atoms with Gasteiger partial charge in [-0.25, -0.2) is 0 Å². The maximum atomic E-state index is 5.57. The summed E-state index contributed by atoms with van der Waals surface area (Å²) >= 11 is 0. The van der Waals surface area contributed by atoms with E-state index in [9.17, 15) is 0 Å². The van der Waals surface area contributed by atoms with E-state index in [-0.39, 0.29) is 0 Å². The Balaban J connectivity index is 2.36. The number of benzene rings is 2. The minimum absolute atomic E-state index is 0.435. The quantitative estimate of drug-likeness (QED) is 0.669. The zero-order valence-electron chi connectivity index (χ0n) is 8.58. The van der Waals surface area contributed by atoms with E-state index in [0.29, 0.717) is 6.61 Å². The minimum atomic E-state index is 0.435. The smallest absolute Gasteiger partial charge is 0.149 e. The third kappa shape index (κ3) is 2.11. The summed E-state index contributed by atoms with van der Waals surface area (Å²) in [5, 5.41) is 2.15. The lowest BCUT2D eigenvalue weighted by molar-refractivity contribution is 0.374. The SMILES string of the molecule is CC#CCOc1cccc2[c]cccc12. The predicted molar refractivity (Wildman–Crippen MR) is 61.7 cm³/mol. The van der Waals surface area contributed by atoms with Crippen molar-refractivity contribution in [3.05, 3.63) is 42.5 Å². The monoisotopic (exact) mass is 195 g/mol. The van der Waals surface area contributed by atoms with Gasteiger partial charge in [0.15, 0.2) is 0 Å². The van der Waals surface area contributed by atoms with Gasteiger partial charge < -0.3 is 4.74 Å². The second kappa shape index (κ2) is 4.52. The van der Waals surface area contributed by atoms with Gasteiger partial charge in [0, 0.05) is 5.39 Å². The van der Waals surface area contributed by atoms with Gasteiger partial charge in [0.05, 0.1) is 0 Å². The molecule has 1 nitrogen and oxygen atoms in total. The number of hydrogen-bond acceptors (Lipinski definition) is 1. The average Bonchev–Trinajstić information content (AvgIpc) is 2.30. The largest absolute Gasteiger partial charge is 0.480 e. The first-order chi connectivity index (χ1) is 7.42.